The molecule has 7 nitrogen and oxygen atoms in total. The molecule has 0 aliphatic heterocycles. The van der Waals surface area contributed by atoms with Gasteiger partial charge in [-0.2, -0.15) is 0 Å². The molecule has 0 saturated heterocycles. The van der Waals surface area contributed by atoms with E-state index in [1.807, 2.05) is 13.8 Å². The first-order chi connectivity index (χ1) is 12.9. The topological polar surface area (TPSA) is 83.2 Å². The van der Waals surface area contributed by atoms with E-state index in [1.54, 1.807) is 24.3 Å². The highest BCUT2D eigenvalue weighted by Crippen LogP contribution is 2.37. The van der Waals surface area contributed by atoms with Crippen LogP contribution in [0.3, 0.4) is 0 Å². The smallest absolute Gasteiger partial charge is 0.269 e. The number of ether oxygens (including phenoxy) is 2. The van der Waals surface area contributed by atoms with E-state index in [0.717, 1.165) is 6.42 Å². The van der Waals surface area contributed by atoms with Gasteiger partial charge in [0.25, 0.3) is 5.69 Å². The van der Waals surface area contributed by atoms with Gasteiger partial charge in [-0.1, -0.05) is 35.8 Å². The Kier molecular flexibility index (Phi) is 7.43. The number of nitro groups is 1. The van der Waals surface area contributed by atoms with E-state index in [1.165, 1.54) is 25.5 Å². The number of non-ortho nitro benzene ring substituents is 1. The van der Waals surface area contributed by atoms with E-state index < -0.39 is 4.92 Å². The highest BCUT2D eigenvalue weighted by molar-refractivity contribution is 6.32. The SMILES string of the molecule is CC[C@H](C)Oc1c(Cl)cc(/C=N\OCc2cccc([N+](=O)[O-])c2)cc1OC. The summed E-state index contributed by atoms with van der Waals surface area (Å²) in [6, 6.07) is 9.62. The number of hydrogen-bond donors (Lipinski definition) is 0. The second-order valence-electron chi connectivity index (χ2n) is 5.81. The van der Waals surface area contributed by atoms with Gasteiger partial charge < -0.3 is 14.3 Å². The average molecular weight is 393 g/mol. The van der Waals surface area contributed by atoms with Gasteiger partial charge in [0.05, 0.1) is 29.4 Å². The number of nitro benzene ring substituents is 1. The molecule has 2 aromatic carbocycles. The van der Waals surface area contributed by atoms with Gasteiger partial charge in [-0.3, -0.25) is 10.1 Å². The molecule has 8 heteroatoms. The Morgan fingerprint density at radius 2 is 2.11 bits per heavy atom. The zero-order valence-corrected chi connectivity index (χ0v) is 16.1. The second-order valence-corrected chi connectivity index (χ2v) is 6.21. The zero-order chi connectivity index (χ0) is 19.8. The fourth-order valence-corrected chi connectivity index (χ4v) is 2.45. The highest BCUT2D eigenvalue weighted by atomic mass is 35.5. The van der Waals surface area contributed by atoms with Gasteiger partial charge in [-0.15, -0.1) is 0 Å². The average Bonchev–Trinajstić information content (AvgIpc) is 2.66. The van der Waals surface area contributed by atoms with Gasteiger partial charge in [-0.05, 0) is 31.0 Å². The van der Waals surface area contributed by atoms with Crippen LogP contribution in [0.2, 0.25) is 5.02 Å². The molecule has 0 aliphatic carbocycles. The Labute approximate surface area is 162 Å². The minimum atomic E-state index is -0.454. The maximum atomic E-state index is 10.8. The number of rotatable bonds is 9. The third-order valence-corrected chi connectivity index (χ3v) is 4.06. The van der Waals surface area contributed by atoms with Crippen molar-refractivity contribution in [3.8, 4) is 11.5 Å². The van der Waals surface area contributed by atoms with Gasteiger partial charge in [0.2, 0.25) is 0 Å². The summed E-state index contributed by atoms with van der Waals surface area (Å²) in [6.07, 6.45) is 2.33. The van der Waals surface area contributed by atoms with Crippen LogP contribution in [-0.2, 0) is 11.4 Å². The van der Waals surface area contributed by atoms with Gasteiger partial charge >= 0.3 is 0 Å². The van der Waals surface area contributed by atoms with Crippen LogP contribution in [-0.4, -0.2) is 24.4 Å². The van der Waals surface area contributed by atoms with Crippen molar-refractivity contribution < 1.29 is 19.2 Å². The Balaban J connectivity index is 2.05. The molecule has 27 heavy (non-hydrogen) atoms. The number of hydrogen-bond acceptors (Lipinski definition) is 6. The normalized spacial score (nSPS) is 12.0. The van der Waals surface area contributed by atoms with Crippen LogP contribution in [0.25, 0.3) is 0 Å². The van der Waals surface area contributed by atoms with Crippen LogP contribution in [0.4, 0.5) is 5.69 Å². The summed E-state index contributed by atoms with van der Waals surface area (Å²) >= 11 is 6.30. The van der Waals surface area contributed by atoms with E-state index in [-0.39, 0.29) is 18.4 Å². The lowest BCUT2D eigenvalue weighted by molar-refractivity contribution is -0.384. The summed E-state index contributed by atoms with van der Waals surface area (Å²) < 4.78 is 11.1. The van der Waals surface area contributed by atoms with E-state index in [4.69, 9.17) is 25.9 Å². The van der Waals surface area contributed by atoms with Gasteiger partial charge in [0, 0.05) is 17.7 Å². The lowest BCUT2D eigenvalue weighted by atomic mass is 10.2. The molecule has 2 rings (SSSR count). The summed E-state index contributed by atoms with van der Waals surface area (Å²) in [6.45, 7) is 4.08. The molecule has 0 bridgehead atoms. The van der Waals surface area contributed by atoms with Crippen molar-refractivity contribution in [2.45, 2.75) is 33.0 Å². The molecule has 0 fully saturated rings. The molecule has 144 valence electrons. The third kappa shape index (κ3) is 5.86. The predicted octanol–water partition coefficient (Wildman–Crippen LogP) is 4.98. The molecule has 0 aliphatic rings. The van der Waals surface area contributed by atoms with Crippen LogP contribution in [0.5, 0.6) is 11.5 Å². The molecular weight excluding hydrogens is 372 g/mol. The molecule has 2 aromatic rings. The first kappa shape index (κ1) is 20.5. The van der Waals surface area contributed by atoms with Crippen LogP contribution in [0, 0.1) is 10.1 Å². The van der Waals surface area contributed by atoms with Crippen molar-refractivity contribution >= 4 is 23.5 Å². The summed E-state index contributed by atoms with van der Waals surface area (Å²) in [4.78, 5) is 15.5. The van der Waals surface area contributed by atoms with Crippen molar-refractivity contribution in [2.75, 3.05) is 7.11 Å². The molecule has 0 unspecified atom stereocenters. The Hall–Kier alpha value is -2.80. The van der Waals surface area contributed by atoms with E-state index in [2.05, 4.69) is 5.16 Å². The summed E-state index contributed by atoms with van der Waals surface area (Å²) in [5.74, 6) is 0.992. The Morgan fingerprint density at radius 1 is 1.33 bits per heavy atom. The van der Waals surface area contributed by atoms with Crippen LogP contribution < -0.4 is 9.47 Å². The maximum Gasteiger partial charge on any atom is 0.269 e. The third-order valence-electron chi connectivity index (χ3n) is 3.77. The van der Waals surface area contributed by atoms with Crippen molar-refractivity contribution in [3.05, 3.63) is 62.7 Å². The van der Waals surface area contributed by atoms with Crippen LogP contribution in [0.1, 0.15) is 31.4 Å². The van der Waals surface area contributed by atoms with Crippen molar-refractivity contribution in [1.29, 1.82) is 0 Å². The number of benzene rings is 2. The maximum absolute atomic E-state index is 10.8. The molecule has 0 radical (unpaired) electrons. The largest absolute Gasteiger partial charge is 0.493 e. The van der Waals surface area contributed by atoms with E-state index in [0.29, 0.717) is 27.6 Å². The van der Waals surface area contributed by atoms with Gasteiger partial charge in [0.1, 0.15) is 6.61 Å². The second kappa shape index (κ2) is 9.78. The first-order valence-corrected chi connectivity index (χ1v) is 8.75. The van der Waals surface area contributed by atoms with Crippen molar-refractivity contribution in [2.24, 2.45) is 5.16 Å². The first-order valence-electron chi connectivity index (χ1n) is 8.37. The molecule has 1 atom stereocenters. The lowest BCUT2D eigenvalue weighted by Gasteiger charge is -2.17. The number of nitrogens with zero attached hydrogens (tertiary/aromatic N) is 2. The molecule has 0 aromatic heterocycles. The molecule has 0 N–H and O–H groups in total. The zero-order valence-electron chi connectivity index (χ0n) is 15.3. The number of halogens is 1. The molecule has 0 saturated carbocycles. The minimum absolute atomic E-state index is 0.00786. The fraction of sp³-hybridized carbons (Fsp3) is 0.316. The molecule has 0 amide bonds. The minimum Gasteiger partial charge on any atom is -0.493 e. The van der Waals surface area contributed by atoms with E-state index in [9.17, 15) is 10.1 Å². The van der Waals surface area contributed by atoms with Crippen molar-refractivity contribution in [1.82, 2.24) is 0 Å². The predicted molar refractivity (Wildman–Crippen MR) is 104 cm³/mol. The summed E-state index contributed by atoms with van der Waals surface area (Å²) in [5.41, 5.74) is 1.33. The molecule has 0 spiro atoms. The standard InChI is InChI=1S/C19H21ClN2O5/c1-4-13(2)27-19-17(20)9-15(10-18(19)25-3)11-21-26-12-14-6-5-7-16(8-14)22(23)24/h5-11,13H,4,12H2,1-3H3/b21-11-/t13-/m0/s1. The Morgan fingerprint density at radius 3 is 2.78 bits per heavy atom. The summed E-state index contributed by atoms with van der Waals surface area (Å²) in [7, 11) is 1.54. The molecular formula is C19H21ClN2O5. The van der Waals surface area contributed by atoms with Crippen molar-refractivity contribution in [3.63, 3.8) is 0 Å². The number of methoxy groups -OCH3 is 1. The summed E-state index contributed by atoms with van der Waals surface area (Å²) in [5, 5.41) is 15.1. The monoisotopic (exact) mass is 392 g/mol. The fourth-order valence-electron chi connectivity index (χ4n) is 2.18. The van der Waals surface area contributed by atoms with Crippen LogP contribution >= 0.6 is 11.6 Å². The number of oxime groups is 1. The lowest BCUT2D eigenvalue weighted by Crippen LogP contribution is -2.11. The van der Waals surface area contributed by atoms with Crippen LogP contribution in [0.15, 0.2) is 41.6 Å². The van der Waals surface area contributed by atoms with Gasteiger partial charge in [0.15, 0.2) is 11.5 Å². The molecule has 0 heterocycles. The van der Waals surface area contributed by atoms with Gasteiger partial charge in [-0.25, -0.2) is 0 Å². The Bertz CT molecular complexity index is 826. The van der Waals surface area contributed by atoms with E-state index >= 15 is 0 Å². The quantitative estimate of drug-likeness (QED) is 0.341. The highest BCUT2D eigenvalue weighted by Gasteiger charge is 2.14.